The number of nitrogens with two attached hydrogens (primary N) is 1. The van der Waals surface area contributed by atoms with Gasteiger partial charge in [0.25, 0.3) is 0 Å². The van der Waals surface area contributed by atoms with Crippen LogP contribution in [0.25, 0.3) is 0 Å². The number of amidine groups is 1. The third-order valence-corrected chi connectivity index (χ3v) is 5.22. The number of carbonyl (C=O) groups excluding carboxylic acids is 2. The molecule has 0 aromatic heterocycles. The van der Waals surface area contributed by atoms with Crippen LogP contribution in [0.1, 0.15) is 12.0 Å². The summed E-state index contributed by atoms with van der Waals surface area (Å²) in [6, 6.07) is 13.0. The zero-order valence-electron chi connectivity index (χ0n) is 13.9. The summed E-state index contributed by atoms with van der Waals surface area (Å²) in [7, 11) is 0. The maximum absolute atomic E-state index is 13.5. The number of halogens is 2. The smallest absolute Gasteiger partial charge is 0.247 e. The number of carbonyl (C=O) groups is 2. The van der Waals surface area contributed by atoms with Crippen LogP contribution in [0, 0.1) is 5.82 Å². The van der Waals surface area contributed by atoms with Gasteiger partial charge in [0.05, 0.1) is 11.9 Å². The third-order valence-electron chi connectivity index (χ3n) is 3.71. The van der Waals surface area contributed by atoms with Crippen molar-refractivity contribution in [1.29, 1.82) is 0 Å². The van der Waals surface area contributed by atoms with Gasteiger partial charge in [-0.2, -0.15) is 5.10 Å². The van der Waals surface area contributed by atoms with Crippen LogP contribution >= 0.6 is 27.7 Å². The molecule has 27 heavy (non-hydrogen) atoms. The fraction of sp³-hybridized carbons (Fsp3) is 0.111. The van der Waals surface area contributed by atoms with E-state index >= 15 is 0 Å². The van der Waals surface area contributed by atoms with Crippen molar-refractivity contribution in [3.63, 3.8) is 0 Å². The number of amides is 2. The van der Waals surface area contributed by atoms with E-state index in [1.54, 1.807) is 42.5 Å². The second-order valence-electron chi connectivity index (χ2n) is 5.56. The summed E-state index contributed by atoms with van der Waals surface area (Å²) in [6.45, 7) is 0. The van der Waals surface area contributed by atoms with Crippen LogP contribution < -0.4 is 10.6 Å². The number of hydrogen-bond acceptors (Lipinski definition) is 5. The molecule has 0 saturated carbocycles. The van der Waals surface area contributed by atoms with E-state index in [9.17, 15) is 14.0 Å². The van der Waals surface area contributed by atoms with Crippen molar-refractivity contribution in [3.8, 4) is 0 Å². The Morgan fingerprint density at radius 2 is 1.93 bits per heavy atom. The second kappa shape index (κ2) is 8.45. The maximum Gasteiger partial charge on any atom is 0.247 e. The summed E-state index contributed by atoms with van der Waals surface area (Å²) in [4.78, 5) is 25.9. The monoisotopic (exact) mass is 448 g/mol. The van der Waals surface area contributed by atoms with Crippen LogP contribution in [-0.4, -0.2) is 28.4 Å². The molecular formula is C18H14BrFN4O2S. The first-order chi connectivity index (χ1) is 13.0. The van der Waals surface area contributed by atoms with Crippen LogP contribution in [0.2, 0.25) is 0 Å². The van der Waals surface area contributed by atoms with Crippen LogP contribution in [0.3, 0.4) is 0 Å². The van der Waals surface area contributed by atoms with Crippen molar-refractivity contribution in [2.45, 2.75) is 11.7 Å². The molecule has 0 spiro atoms. The summed E-state index contributed by atoms with van der Waals surface area (Å²) >= 11 is 4.27. The van der Waals surface area contributed by atoms with Gasteiger partial charge in [-0.3, -0.25) is 9.59 Å². The SMILES string of the molecule is NC(=N/N=C\c1ccccc1F)S[C@H]1CC(=O)N(c2ccc(Br)cc2)C1=O. The van der Waals surface area contributed by atoms with Gasteiger partial charge in [-0.25, -0.2) is 9.29 Å². The first-order valence-electron chi connectivity index (χ1n) is 7.86. The van der Waals surface area contributed by atoms with E-state index in [0.29, 0.717) is 5.69 Å². The first kappa shape index (κ1) is 19.2. The second-order valence-corrected chi connectivity index (χ2v) is 7.70. The molecule has 0 aliphatic carbocycles. The molecule has 3 rings (SSSR count). The number of benzene rings is 2. The van der Waals surface area contributed by atoms with Crippen molar-refractivity contribution < 1.29 is 14.0 Å². The molecule has 1 fully saturated rings. The summed E-state index contributed by atoms with van der Waals surface area (Å²) in [5.41, 5.74) is 6.56. The number of hydrogen-bond donors (Lipinski definition) is 1. The zero-order valence-corrected chi connectivity index (χ0v) is 16.3. The predicted molar refractivity (Wildman–Crippen MR) is 108 cm³/mol. The third kappa shape index (κ3) is 4.61. The molecule has 2 aromatic carbocycles. The molecule has 1 heterocycles. The van der Waals surface area contributed by atoms with Gasteiger partial charge in [-0.1, -0.05) is 45.9 Å². The Hall–Kier alpha value is -2.52. The van der Waals surface area contributed by atoms with Crippen LogP contribution in [0.15, 0.2) is 63.2 Å². The van der Waals surface area contributed by atoms with E-state index < -0.39 is 11.1 Å². The largest absolute Gasteiger partial charge is 0.377 e. The van der Waals surface area contributed by atoms with E-state index in [1.165, 1.54) is 12.3 Å². The standard InChI is InChI=1S/C18H14BrFN4O2S/c19-12-5-7-13(8-6-12)24-16(25)9-15(17(24)26)27-18(21)23-22-10-11-3-1-2-4-14(11)20/h1-8,10,15H,9H2,(H2,21,23)/b22-10-/t15-/m0/s1. The molecule has 2 aromatic rings. The first-order valence-corrected chi connectivity index (χ1v) is 9.53. The lowest BCUT2D eigenvalue weighted by Gasteiger charge is -2.14. The van der Waals surface area contributed by atoms with Crippen LogP contribution in [0.5, 0.6) is 0 Å². The molecule has 9 heteroatoms. The minimum absolute atomic E-state index is 0.0198. The lowest BCUT2D eigenvalue weighted by molar-refractivity contribution is -0.121. The Labute approximate surface area is 167 Å². The van der Waals surface area contributed by atoms with E-state index in [0.717, 1.165) is 21.1 Å². The highest BCUT2D eigenvalue weighted by Crippen LogP contribution is 2.30. The van der Waals surface area contributed by atoms with Gasteiger partial charge in [-0.15, -0.1) is 5.10 Å². The van der Waals surface area contributed by atoms with Crippen LogP contribution in [-0.2, 0) is 9.59 Å². The van der Waals surface area contributed by atoms with E-state index in [4.69, 9.17) is 5.73 Å². The number of rotatable bonds is 4. The highest BCUT2D eigenvalue weighted by Gasteiger charge is 2.40. The van der Waals surface area contributed by atoms with Crippen molar-refractivity contribution >= 4 is 56.6 Å². The Morgan fingerprint density at radius 1 is 1.22 bits per heavy atom. The lowest BCUT2D eigenvalue weighted by Crippen LogP contribution is -2.31. The minimum Gasteiger partial charge on any atom is -0.377 e. The summed E-state index contributed by atoms with van der Waals surface area (Å²) in [5.74, 6) is -1.09. The molecule has 1 aliphatic rings. The molecule has 1 atom stereocenters. The zero-order chi connectivity index (χ0) is 19.4. The van der Waals surface area contributed by atoms with E-state index in [1.807, 2.05) is 0 Å². The number of thioether (sulfide) groups is 1. The quantitative estimate of drug-likeness (QED) is 0.336. The molecule has 138 valence electrons. The fourth-order valence-corrected chi connectivity index (χ4v) is 3.54. The Bertz CT molecular complexity index is 933. The molecular weight excluding hydrogens is 435 g/mol. The summed E-state index contributed by atoms with van der Waals surface area (Å²) in [6.07, 6.45) is 1.26. The van der Waals surface area contributed by atoms with Crippen molar-refractivity contribution in [1.82, 2.24) is 0 Å². The molecule has 1 aliphatic heterocycles. The number of anilines is 1. The highest BCUT2D eigenvalue weighted by molar-refractivity contribution is 9.10. The van der Waals surface area contributed by atoms with Crippen LogP contribution in [0.4, 0.5) is 10.1 Å². The lowest BCUT2D eigenvalue weighted by atomic mass is 10.2. The van der Waals surface area contributed by atoms with Gasteiger partial charge in [0.15, 0.2) is 5.17 Å². The van der Waals surface area contributed by atoms with Gasteiger partial charge in [0.1, 0.15) is 11.1 Å². The average molecular weight is 449 g/mol. The van der Waals surface area contributed by atoms with E-state index in [2.05, 4.69) is 26.1 Å². The normalized spacial score (nSPS) is 17.9. The van der Waals surface area contributed by atoms with Gasteiger partial charge in [0.2, 0.25) is 11.8 Å². The van der Waals surface area contributed by atoms with Gasteiger partial charge >= 0.3 is 0 Å². The predicted octanol–water partition coefficient (Wildman–Crippen LogP) is 3.30. The highest BCUT2D eigenvalue weighted by atomic mass is 79.9. The van der Waals surface area contributed by atoms with Crippen molar-refractivity contribution in [2.75, 3.05) is 4.90 Å². The molecule has 2 N–H and O–H groups in total. The molecule has 0 bridgehead atoms. The molecule has 0 unspecified atom stereocenters. The van der Waals surface area contributed by atoms with Crippen molar-refractivity contribution in [3.05, 3.63) is 64.4 Å². The molecule has 6 nitrogen and oxygen atoms in total. The summed E-state index contributed by atoms with van der Waals surface area (Å²) < 4.78 is 14.3. The topological polar surface area (TPSA) is 88.1 Å². The van der Waals surface area contributed by atoms with Gasteiger partial charge in [0, 0.05) is 16.5 Å². The molecule has 0 radical (unpaired) electrons. The fourth-order valence-electron chi connectivity index (χ4n) is 2.45. The Balaban J connectivity index is 1.67. The van der Waals surface area contributed by atoms with Crippen molar-refractivity contribution in [2.24, 2.45) is 15.9 Å². The Kier molecular flexibility index (Phi) is 6.02. The maximum atomic E-state index is 13.5. The summed E-state index contributed by atoms with van der Waals surface area (Å²) in [5, 5.41) is 6.85. The minimum atomic E-state index is -0.673. The molecule has 2 amide bonds. The van der Waals surface area contributed by atoms with Gasteiger partial charge < -0.3 is 5.73 Å². The Morgan fingerprint density at radius 3 is 2.63 bits per heavy atom. The number of nitrogens with zero attached hydrogens (tertiary/aromatic N) is 3. The average Bonchev–Trinajstić information content (AvgIpc) is 2.91. The van der Waals surface area contributed by atoms with E-state index in [-0.39, 0.29) is 29.0 Å². The number of imide groups is 1. The molecule has 1 saturated heterocycles. The van der Waals surface area contributed by atoms with Gasteiger partial charge in [-0.05, 0) is 30.3 Å².